The zero-order valence-electron chi connectivity index (χ0n) is 31.5. The summed E-state index contributed by atoms with van der Waals surface area (Å²) in [5, 5.41) is 9.87. The van der Waals surface area contributed by atoms with Gasteiger partial charge in [-0.2, -0.15) is 0 Å². The lowest BCUT2D eigenvalue weighted by molar-refractivity contribution is -0.870. The molecule has 0 aromatic rings. The Balaban J connectivity index is 3.34. The highest BCUT2D eigenvalue weighted by molar-refractivity contribution is 7.45. The fourth-order valence-corrected chi connectivity index (χ4v) is 6.45. The lowest BCUT2D eigenvalue weighted by atomic mass is 10.0. The molecular weight excluding hydrogens is 613 g/mol. The van der Waals surface area contributed by atoms with E-state index in [0.717, 1.165) is 19.3 Å². The number of hydrogen-bond acceptors (Lipinski definition) is 7. The van der Waals surface area contributed by atoms with Crippen molar-refractivity contribution in [3.05, 3.63) is 0 Å². The minimum atomic E-state index is -4.50. The van der Waals surface area contributed by atoms with Crippen LogP contribution in [-0.2, 0) is 23.1 Å². The monoisotopic (exact) mass is 692 g/mol. The van der Waals surface area contributed by atoms with Crippen LogP contribution in [-0.4, -0.2) is 69.2 Å². The van der Waals surface area contributed by atoms with Crippen LogP contribution in [0, 0.1) is 0 Å². The number of hydrogen-bond donors (Lipinski definition) is 1. The quantitative estimate of drug-likeness (QED) is 0.0299. The molecule has 0 aliphatic heterocycles. The van der Waals surface area contributed by atoms with Gasteiger partial charge in [0.05, 0.1) is 27.7 Å². The van der Waals surface area contributed by atoms with Crippen molar-refractivity contribution in [2.24, 2.45) is 0 Å². The van der Waals surface area contributed by atoms with Gasteiger partial charge in [-0.05, 0) is 6.42 Å². The third-order valence-corrected chi connectivity index (χ3v) is 9.82. The van der Waals surface area contributed by atoms with Gasteiger partial charge in [-0.15, -0.1) is 0 Å². The van der Waals surface area contributed by atoms with Crippen LogP contribution in [0.4, 0.5) is 0 Å². The predicted molar refractivity (Wildman–Crippen MR) is 194 cm³/mol. The van der Waals surface area contributed by atoms with Crippen molar-refractivity contribution < 1.29 is 37.6 Å². The van der Waals surface area contributed by atoms with Crippen LogP contribution < -0.4 is 4.89 Å². The molecule has 0 fully saturated rings. The molecule has 0 aliphatic rings. The number of carbonyl (C=O) groups excluding carboxylic acids is 1. The van der Waals surface area contributed by atoms with Gasteiger partial charge < -0.3 is 28.3 Å². The normalized spacial score (nSPS) is 13.9. The standard InChI is InChI=1S/C38H78NO7P/c1-5-6-7-8-9-10-11-12-13-14-15-16-17-18-19-20-21-22-23-24-25-26-27-28-29-30-31-32-38(41)44-35-37(40)36-46-47(42,43)45-34-33-39(2,3)4/h37,40H,5-36H2,1-4H3. The maximum Gasteiger partial charge on any atom is 0.305 e. The van der Waals surface area contributed by atoms with Crippen LogP contribution in [0.25, 0.3) is 0 Å². The molecule has 2 atom stereocenters. The van der Waals surface area contributed by atoms with Gasteiger partial charge in [0.15, 0.2) is 0 Å². The van der Waals surface area contributed by atoms with E-state index >= 15 is 0 Å². The van der Waals surface area contributed by atoms with Crippen molar-refractivity contribution in [1.82, 2.24) is 0 Å². The van der Waals surface area contributed by atoms with E-state index in [1.807, 2.05) is 21.1 Å². The average molecular weight is 692 g/mol. The van der Waals surface area contributed by atoms with Crippen LogP contribution >= 0.6 is 7.82 Å². The number of carbonyl (C=O) groups is 1. The molecule has 9 heteroatoms. The van der Waals surface area contributed by atoms with Gasteiger partial charge in [0, 0.05) is 6.42 Å². The summed E-state index contributed by atoms with van der Waals surface area (Å²) in [7, 11) is 1.26. The van der Waals surface area contributed by atoms with Crippen LogP contribution in [0.2, 0.25) is 0 Å². The first-order chi connectivity index (χ1) is 22.6. The van der Waals surface area contributed by atoms with E-state index in [1.54, 1.807) is 0 Å². The number of esters is 1. The van der Waals surface area contributed by atoms with Gasteiger partial charge in [0.25, 0.3) is 7.82 Å². The predicted octanol–water partition coefficient (Wildman–Crippen LogP) is 10.0. The van der Waals surface area contributed by atoms with Crippen molar-refractivity contribution in [2.45, 2.75) is 193 Å². The highest BCUT2D eigenvalue weighted by Gasteiger charge is 2.16. The highest BCUT2D eigenvalue weighted by Crippen LogP contribution is 2.38. The number of ether oxygens (including phenoxy) is 1. The molecule has 0 spiro atoms. The highest BCUT2D eigenvalue weighted by atomic mass is 31.2. The summed E-state index contributed by atoms with van der Waals surface area (Å²) in [6.07, 6.45) is 35.6. The Labute approximate surface area is 291 Å². The molecule has 8 nitrogen and oxygen atoms in total. The van der Waals surface area contributed by atoms with Crippen molar-refractivity contribution >= 4 is 13.8 Å². The molecule has 0 aromatic carbocycles. The van der Waals surface area contributed by atoms with Gasteiger partial charge in [0.1, 0.15) is 25.9 Å². The number of quaternary nitrogens is 1. The SMILES string of the molecule is CCCCCCCCCCCCCCCCCCCCCCCCCCCCCC(=O)OCC(O)COP(=O)([O-])OCC[N+](C)(C)C. The molecule has 0 radical (unpaired) electrons. The third-order valence-electron chi connectivity index (χ3n) is 8.86. The van der Waals surface area contributed by atoms with Gasteiger partial charge >= 0.3 is 5.97 Å². The topological polar surface area (TPSA) is 105 Å². The van der Waals surface area contributed by atoms with E-state index in [9.17, 15) is 19.4 Å². The first-order valence-corrected chi connectivity index (χ1v) is 21.3. The van der Waals surface area contributed by atoms with Crippen LogP contribution in [0.5, 0.6) is 0 Å². The minimum Gasteiger partial charge on any atom is -0.756 e. The number of likely N-dealkylation sites (N-methyl/N-ethyl adjacent to an activating group) is 1. The molecule has 0 bridgehead atoms. The zero-order valence-corrected chi connectivity index (χ0v) is 32.4. The molecule has 0 heterocycles. The van der Waals surface area contributed by atoms with Gasteiger partial charge in [0.2, 0.25) is 0 Å². The summed E-state index contributed by atoms with van der Waals surface area (Å²) in [5.41, 5.74) is 0. The van der Waals surface area contributed by atoms with Crippen LogP contribution in [0.3, 0.4) is 0 Å². The first kappa shape index (κ1) is 46.5. The Morgan fingerprint density at radius 2 is 0.936 bits per heavy atom. The summed E-state index contributed by atoms with van der Waals surface area (Å²) >= 11 is 0. The number of phosphoric ester groups is 1. The second-order valence-electron chi connectivity index (χ2n) is 14.9. The number of aliphatic hydroxyl groups is 1. The fraction of sp³-hybridized carbons (Fsp3) is 0.974. The van der Waals surface area contributed by atoms with Crippen LogP contribution in [0.1, 0.15) is 187 Å². The Kier molecular flexibility index (Phi) is 32.3. The van der Waals surface area contributed by atoms with Gasteiger partial charge in [-0.25, -0.2) is 0 Å². The Morgan fingerprint density at radius 3 is 1.28 bits per heavy atom. The lowest BCUT2D eigenvalue weighted by Crippen LogP contribution is -2.37. The van der Waals surface area contributed by atoms with E-state index in [0.29, 0.717) is 17.4 Å². The maximum atomic E-state index is 11.9. The molecule has 0 aliphatic carbocycles. The molecule has 2 unspecified atom stereocenters. The number of nitrogens with zero attached hydrogens (tertiary/aromatic N) is 1. The maximum absolute atomic E-state index is 11.9. The summed E-state index contributed by atoms with van der Waals surface area (Å²) in [4.78, 5) is 23.7. The molecule has 0 saturated carbocycles. The van der Waals surface area contributed by atoms with Crippen molar-refractivity contribution in [3.63, 3.8) is 0 Å². The Morgan fingerprint density at radius 1 is 0.596 bits per heavy atom. The van der Waals surface area contributed by atoms with E-state index in [1.165, 1.54) is 154 Å². The van der Waals surface area contributed by atoms with Crippen molar-refractivity contribution in [2.75, 3.05) is 47.5 Å². The van der Waals surface area contributed by atoms with Crippen molar-refractivity contribution in [3.8, 4) is 0 Å². The largest absolute Gasteiger partial charge is 0.756 e. The molecule has 47 heavy (non-hydrogen) atoms. The van der Waals surface area contributed by atoms with E-state index < -0.39 is 20.5 Å². The molecule has 1 N–H and O–H groups in total. The lowest BCUT2D eigenvalue weighted by Gasteiger charge is -2.27. The summed E-state index contributed by atoms with van der Waals surface area (Å²) in [5.74, 6) is -0.381. The number of rotatable bonds is 37. The molecule has 0 rings (SSSR count). The average Bonchev–Trinajstić information content (AvgIpc) is 3.01. The third kappa shape index (κ3) is 38.2. The molecule has 0 amide bonds. The van der Waals surface area contributed by atoms with Crippen molar-refractivity contribution in [1.29, 1.82) is 0 Å². The zero-order chi connectivity index (χ0) is 34.9. The number of phosphoric acid groups is 1. The van der Waals surface area contributed by atoms with Gasteiger partial charge in [-0.3, -0.25) is 9.36 Å². The smallest absolute Gasteiger partial charge is 0.305 e. The van der Waals surface area contributed by atoms with E-state index in [-0.39, 0.29) is 19.2 Å². The summed E-state index contributed by atoms with van der Waals surface area (Å²) < 4.78 is 26.8. The fourth-order valence-electron chi connectivity index (χ4n) is 5.71. The van der Waals surface area contributed by atoms with Crippen LogP contribution in [0.15, 0.2) is 0 Å². The second-order valence-corrected chi connectivity index (χ2v) is 16.3. The molecule has 282 valence electrons. The second kappa shape index (κ2) is 32.7. The number of unbranched alkanes of at least 4 members (excludes halogenated alkanes) is 26. The minimum absolute atomic E-state index is 0.00495. The van der Waals surface area contributed by atoms with E-state index in [2.05, 4.69) is 11.4 Å². The first-order valence-electron chi connectivity index (χ1n) is 19.8. The van der Waals surface area contributed by atoms with Gasteiger partial charge in [-0.1, -0.05) is 174 Å². The number of aliphatic hydroxyl groups excluding tert-OH is 1. The molecule has 0 aromatic heterocycles. The Hall–Kier alpha value is -0.500. The molecular formula is C38H78NO7P. The Bertz CT molecular complexity index is 731. The van der Waals surface area contributed by atoms with E-state index in [4.69, 9.17) is 9.26 Å². The summed E-state index contributed by atoms with van der Waals surface area (Å²) in [6.45, 7) is 1.98. The summed E-state index contributed by atoms with van der Waals surface area (Å²) in [6, 6.07) is 0. The molecule has 0 saturated heterocycles.